The van der Waals surface area contributed by atoms with Crippen molar-refractivity contribution in [3.8, 4) is 5.75 Å². The van der Waals surface area contributed by atoms with Gasteiger partial charge in [0.15, 0.2) is 0 Å². The highest BCUT2D eigenvalue weighted by atomic mass is 16.5. The van der Waals surface area contributed by atoms with E-state index in [-0.39, 0.29) is 16.9 Å². The van der Waals surface area contributed by atoms with Crippen molar-refractivity contribution < 1.29 is 20.2 Å². The lowest BCUT2D eigenvalue weighted by molar-refractivity contribution is -0.123. The molecule has 1 aromatic rings. The molecular formula is C9H9NO4. The van der Waals surface area contributed by atoms with Gasteiger partial charge in [-0.05, 0) is 6.07 Å². The zero-order valence-corrected chi connectivity index (χ0v) is 7.14. The number of aliphatic hydroxyl groups is 1. The average Bonchev–Trinajstić information content (AvgIpc) is 2.21. The summed E-state index contributed by atoms with van der Waals surface area (Å²) in [4.78, 5) is 11.0. The number of benzene rings is 1. The largest absolute Gasteiger partial charge is 0.515 e. The van der Waals surface area contributed by atoms with Crippen LogP contribution in [0.15, 0.2) is 30.5 Å². The Balaban J connectivity index is 3.15. The van der Waals surface area contributed by atoms with Gasteiger partial charge in [-0.2, -0.15) is 0 Å². The predicted octanol–water partition coefficient (Wildman–Crippen LogP) is 0.796. The number of phenolic OH excluding ortho intramolecular Hbond substituents is 1. The highest BCUT2D eigenvalue weighted by molar-refractivity contribution is 6.19. The summed E-state index contributed by atoms with van der Waals surface area (Å²) < 4.78 is 0. The molecular weight excluding hydrogens is 186 g/mol. The predicted molar refractivity (Wildman–Crippen MR) is 48.6 cm³/mol. The van der Waals surface area contributed by atoms with Gasteiger partial charge in [0, 0.05) is 5.56 Å². The fourth-order valence-electron chi connectivity index (χ4n) is 1.01. The molecule has 0 aromatic heterocycles. The summed E-state index contributed by atoms with van der Waals surface area (Å²) in [6, 6.07) is 5.96. The number of carbonyl (C=O) groups is 1. The molecule has 0 saturated heterocycles. The first-order chi connectivity index (χ1) is 6.70. The number of amides is 1. The van der Waals surface area contributed by atoms with E-state index >= 15 is 0 Å². The lowest BCUT2D eigenvalue weighted by atomic mass is 10.1. The summed E-state index contributed by atoms with van der Waals surface area (Å²) in [6.07, 6.45) is 0.514. The van der Waals surface area contributed by atoms with Gasteiger partial charge < -0.3 is 10.2 Å². The van der Waals surface area contributed by atoms with Gasteiger partial charge in [-0.15, -0.1) is 0 Å². The van der Waals surface area contributed by atoms with Crippen molar-refractivity contribution >= 4 is 11.5 Å². The van der Waals surface area contributed by atoms with E-state index in [0.29, 0.717) is 6.26 Å². The van der Waals surface area contributed by atoms with E-state index in [9.17, 15) is 9.90 Å². The Bertz CT molecular complexity index is 373. The Morgan fingerprint density at radius 1 is 1.36 bits per heavy atom. The van der Waals surface area contributed by atoms with E-state index in [0.717, 1.165) is 0 Å². The van der Waals surface area contributed by atoms with Crippen LogP contribution in [0, 0.1) is 0 Å². The number of aromatic hydroxyl groups is 1. The van der Waals surface area contributed by atoms with Crippen LogP contribution in [0.1, 0.15) is 5.56 Å². The summed E-state index contributed by atoms with van der Waals surface area (Å²) in [5.41, 5.74) is 1.29. The van der Waals surface area contributed by atoms with Crippen molar-refractivity contribution in [2.75, 3.05) is 0 Å². The minimum atomic E-state index is -0.894. The first-order valence-electron chi connectivity index (χ1n) is 3.78. The molecule has 1 aromatic carbocycles. The number of para-hydroxylation sites is 1. The molecule has 0 aliphatic heterocycles. The van der Waals surface area contributed by atoms with Crippen LogP contribution in [0.5, 0.6) is 5.75 Å². The summed E-state index contributed by atoms with van der Waals surface area (Å²) in [7, 11) is 0. The molecule has 0 unspecified atom stereocenters. The van der Waals surface area contributed by atoms with E-state index in [4.69, 9.17) is 10.3 Å². The van der Waals surface area contributed by atoms with E-state index in [1.165, 1.54) is 17.6 Å². The third-order valence-corrected chi connectivity index (χ3v) is 1.67. The molecule has 5 heteroatoms. The van der Waals surface area contributed by atoms with Crippen molar-refractivity contribution in [1.82, 2.24) is 5.48 Å². The van der Waals surface area contributed by atoms with Gasteiger partial charge in [0.2, 0.25) is 0 Å². The van der Waals surface area contributed by atoms with Crippen LogP contribution in [0.3, 0.4) is 0 Å². The van der Waals surface area contributed by atoms with Gasteiger partial charge in [-0.1, -0.05) is 18.2 Å². The first-order valence-corrected chi connectivity index (χ1v) is 3.78. The molecule has 0 heterocycles. The number of carbonyl (C=O) groups excluding carboxylic acids is 1. The first kappa shape index (κ1) is 10.1. The van der Waals surface area contributed by atoms with E-state index in [1.807, 2.05) is 0 Å². The Labute approximate surface area is 79.9 Å². The molecule has 4 N–H and O–H groups in total. The van der Waals surface area contributed by atoms with E-state index < -0.39 is 5.91 Å². The minimum absolute atomic E-state index is 0.140. The van der Waals surface area contributed by atoms with Crippen LogP contribution in [-0.4, -0.2) is 21.3 Å². The van der Waals surface area contributed by atoms with Crippen LogP contribution < -0.4 is 5.48 Å². The topological polar surface area (TPSA) is 89.8 Å². The van der Waals surface area contributed by atoms with Crippen LogP contribution in [0.2, 0.25) is 0 Å². The molecule has 0 fully saturated rings. The summed E-state index contributed by atoms with van der Waals surface area (Å²) in [5.74, 6) is -1.05. The maximum atomic E-state index is 11.0. The number of rotatable bonds is 2. The molecule has 0 atom stereocenters. The molecule has 0 radical (unpaired) electrons. The number of phenols is 1. The number of hydrogen-bond donors (Lipinski definition) is 4. The molecule has 5 nitrogen and oxygen atoms in total. The van der Waals surface area contributed by atoms with Crippen molar-refractivity contribution in [1.29, 1.82) is 0 Å². The van der Waals surface area contributed by atoms with Crippen LogP contribution in [-0.2, 0) is 4.79 Å². The maximum absolute atomic E-state index is 11.0. The van der Waals surface area contributed by atoms with Gasteiger partial charge in [-0.25, -0.2) is 5.48 Å². The lowest BCUT2D eigenvalue weighted by Crippen LogP contribution is -2.20. The lowest BCUT2D eigenvalue weighted by Gasteiger charge is -2.05. The molecule has 1 rings (SSSR count). The second-order valence-electron chi connectivity index (χ2n) is 2.50. The Morgan fingerprint density at radius 2 is 2.00 bits per heavy atom. The van der Waals surface area contributed by atoms with Gasteiger partial charge >= 0.3 is 0 Å². The van der Waals surface area contributed by atoms with Crippen molar-refractivity contribution in [2.24, 2.45) is 0 Å². The number of aliphatic hydroxyl groups excluding tert-OH is 1. The molecule has 0 spiro atoms. The fourth-order valence-corrected chi connectivity index (χ4v) is 1.01. The maximum Gasteiger partial charge on any atom is 0.278 e. The number of hydrogen-bond acceptors (Lipinski definition) is 4. The third-order valence-electron chi connectivity index (χ3n) is 1.67. The second kappa shape index (κ2) is 4.29. The molecule has 1 amide bonds. The summed E-state index contributed by atoms with van der Waals surface area (Å²) in [5, 5.41) is 26.5. The third kappa shape index (κ3) is 1.83. The SMILES string of the molecule is O=C(NO)/C(=C/O)c1ccccc1O. The van der Waals surface area contributed by atoms with Crippen molar-refractivity contribution in [3.05, 3.63) is 36.1 Å². The normalized spacial score (nSPS) is 11.1. The minimum Gasteiger partial charge on any atom is -0.515 e. The summed E-state index contributed by atoms with van der Waals surface area (Å²) >= 11 is 0. The van der Waals surface area contributed by atoms with E-state index in [2.05, 4.69) is 0 Å². The average molecular weight is 195 g/mol. The Kier molecular flexibility index (Phi) is 3.09. The van der Waals surface area contributed by atoms with Gasteiger partial charge in [0.25, 0.3) is 5.91 Å². The molecule has 14 heavy (non-hydrogen) atoms. The van der Waals surface area contributed by atoms with Gasteiger partial charge in [0.1, 0.15) is 5.75 Å². The standard InChI is InChI=1S/C9H9NO4/c11-5-7(9(13)10-14)6-3-1-2-4-8(6)12/h1-5,11-12,14H,(H,10,13)/b7-5+. The Morgan fingerprint density at radius 3 is 2.50 bits per heavy atom. The fraction of sp³-hybridized carbons (Fsp3) is 0. The molecule has 0 aliphatic carbocycles. The monoisotopic (exact) mass is 195 g/mol. The number of nitrogens with one attached hydrogen (secondary N) is 1. The van der Waals surface area contributed by atoms with Gasteiger partial charge in [-0.3, -0.25) is 10.0 Å². The molecule has 74 valence electrons. The van der Waals surface area contributed by atoms with Crippen molar-refractivity contribution in [2.45, 2.75) is 0 Å². The van der Waals surface area contributed by atoms with Crippen LogP contribution >= 0.6 is 0 Å². The van der Waals surface area contributed by atoms with Crippen LogP contribution in [0.25, 0.3) is 5.57 Å². The quantitative estimate of drug-likeness (QED) is 0.243. The van der Waals surface area contributed by atoms with Crippen molar-refractivity contribution in [3.63, 3.8) is 0 Å². The Hall–Kier alpha value is -2.01. The highest BCUT2D eigenvalue weighted by Crippen LogP contribution is 2.23. The molecule has 0 bridgehead atoms. The van der Waals surface area contributed by atoms with Gasteiger partial charge in [0.05, 0.1) is 11.8 Å². The zero-order chi connectivity index (χ0) is 10.6. The highest BCUT2D eigenvalue weighted by Gasteiger charge is 2.14. The summed E-state index contributed by atoms with van der Waals surface area (Å²) in [6.45, 7) is 0. The zero-order valence-electron chi connectivity index (χ0n) is 7.14. The second-order valence-corrected chi connectivity index (χ2v) is 2.50. The van der Waals surface area contributed by atoms with Crippen LogP contribution in [0.4, 0.5) is 0 Å². The number of hydroxylamine groups is 1. The van der Waals surface area contributed by atoms with E-state index in [1.54, 1.807) is 12.1 Å². The smallest absolute Gasteiger partial charge is 0.278 e. The molecule has 0 aliphatic rings. The molecule has 0 saturated carbocycles.